The van der Waals surface area contributed by atoms with Crippen molar-refractivity contribution in [3.63, 3.8) is 0 Å². The molecule has 0 aliphatic rings. The van der Waals surface area contributed by atoms with Crippen LogP contribution in [-0.4, -0.2) is 47.8 Å². The zero-order valence-corrected chi connectivity index (χ0v) is 17.5. The van der Waals surface area contributed by atoms with E-state index in [1.807, 2.05) is 51.1 Å². The highest BCUT2D eigenvalue weighted by Gasteiger charge is 2.33. The van der Waals surface area contributed by atoms with E-state index < -0.39 is 15.6 Å². The number of nitrogens with zero attached hydrogens (tertiary/aromatic N) is 3. The topological polar surface area (TPSA) is 83.7 Å². The van der Waals surface area contributed by atoms with Crippen LogP contribution in [0.2, 0.25) is 0 Å². The maximum absolute atomic E-state index is 13.0. The van der Waals surface area contributed by atoms with Gasteiger partial charge in [0.25, 0.3) is 0 Å². The molecule has 0 bridgehead atoms. The molecule has 1 heterocycles. The third kappa shape index (κ3) is 4.75. The molecule has 0 N–H and O–H groups in total. The predicted octanol–water partition coefficient (Wildman–Crippen LogP) is 2.74. The number of amides is 1. The third-order valence-corrected chi connectivity index (χ3v) is 6.34. The van der Waals surface area contributed by atoms with Crippen LogP contribution in [0.3, 0.4) is 0 Å². The van der Waals surface area contributed by atoms with Gasteiger partial charge in [-0.25, -0.2) is 8.42 Å². The molecule has 0 fully saturated rings. The van der Waals surface area contributed by atoms with Gasteiger partial charge in [0.05, 0.1) is 6.54 Å². The Hall–Kier alpha value is -2.19. The van der Waals surface area contributed by atoms with Gasteiger partial charge in [0.2, 0.25) is 15.9 Å². The Labute approximate surface area is 161 Å². The molecule has 0 unspecified atom stereocenters. The van der Waals surface area contributed by atoms with E-state index >= 15 is 0 Å². The summed E-state index contributed by atoms with van der Waals surface area (Å²) in [5.41, 5.74) is 0.807. The summed E-state index contributed by atoms with van der Waals surface area (Å²) in [5.74, 6) is -0.0621. The van der Waals surface area contributed by atoms with E-state index in [1.165, 1.54) is 7.05 Å². The number of likely N-dealkylation sites (N-methyl/N-ethyl adjacent to an activating group) is 1. The summed E-state index contributed by atoms with van der Waals surface area (Å²) in [7, 11) is -2.48. The number of carbonyl (C=O) groups is 1. The SMILES string of the molecule is Cc1noc(C)c1S(=O)(=O)N(C)CC(=O)N(Cc1ccccc1)C(C)(C)C. The maximum atomic E-state index is 13.0. The van der Waals surface area contributed by atoms with Crippen LogP contribution >= 0.6 is 0 Å². The van der Waals surface area contributed by atoms with Crippen molar-refractivity contribution in [2.75, 3.05) is 13.6 Å². The third-order valence-electron chi connectivity index (χ3n) is 4.29. The molecule has 7 nitrogen and oxygen atoms in total. The van der Waals surface area contributed by atoms with E-state index in [2.05, 4.69) is 5.16 Å². The number of hydrogen-bond acceptors (Lipinski definition) is 5. The second-order valence-corrected chi connectivity index (χ2v) is 9.53. The van der Waals surface area contributed by atoms with Crippen LogP contribution in [-0.2, 0) is 21.4 Å². The van der Waals surface area contributed by atoms with Crippen LogP contribution in [0.5, 0.6) is 0 Å². The van der Waals surface area contributed by atoms with E-state index in [-0.39, 0.29) is 28.8 Å². The molecule has 0 atom stereocenters. The molecule has 0 aliphatic heterocycles. The molecule has 2 rings (SSSR count). The molecule has 1 amide bonds. The molecule has 0 saturated carbocycles. The molecule has 0 spiro atoms. The lowest BCUT2D eigenvalue weighted by atomic mass is 10.0. The molecule has 0 aliphatic carbocycles. The van der Waals surface area contributed by atoms with Crippen LogP contribution in [0.25, 0.3) is 0 Å². The standard InChI is InChI=1S/C19H27N3O4S/c1-14-18(15(2)26-20-14)27(24,25)21(6)13-17(23)22(19(3,4)5)12-16-10-8-7-9-11-16/h7-11H,12-13H2,1-6H3. The van der Waals surface area contributed by atoms with Gasteiger partial charge in [0.15, 0.2) is 5.76 Å². The predicted molar refractivity (Wildman–Crippen MR) is 103 cm³/mol. The molecular weight excluding hydrogens is 366 g/mol. The van der Waals surface area contributed by atoms with Gasteiger partial charge in [0, 0.05) is 19.1 Å². The Morgan fingerprint density at radius 3 is 2.22 bits per heavy atom. The van der Waals surface area contributed by atoms with Gasteiger partial charge in [-0.15, -0.1) is 0 Å². The smallest absolute Gasteiger partial charge is 0.248 e. The minimum Gasteiger partial charge on any atom is -0.360 e. The Bertz CT molecular complexity index is 879. The fraction of sp³-hybridized carbons (Fsp3) is 0.474. The molecule has 1 aromatic heterocycles. The van der Waals surface area contributed by atoms with E-state index in [4.69, 9.17) is 4.52 Å². The number of hydrogen-bond donors (Lipinski definition) is 0. The molecule has 2 aromatic rings. The highest BCUT2D eigenvalue weighted by Crippen LogP contribution is 2.23. The second-order valence-electron chi connectivity index (χ2n) is 7.55. The molecule has 8 heteroatoms. The zero-order chi connectivity index (χ0) is 20.4. The molecule has 0 saturated heterocycles. The van der Waals surface area contributed by atoms with Gasteiger partial charge < -0.3 is 9.42 Å². The lowest BCUT2D eigenvalue weighted by Gasteiger charge is -2.36. The highest BCUT2D eigenvalue weighted by molar-refractivity contribution is 7.89. The van der Waals surface area contributed by atoms with Crippen molar-refractivity contribution in [2.24, 2.45) is 0 Å². The maximum Gasteiger partial charge on any atom is 0.248 e. The van der Waals surface area contributed by atoms with Gasteiger partial charge in [-0.05, 0) is 40.2 Å². The first-order valence-corrected chi connectivity index (χ1v) is 10.1. The fourth-order valence-electron chi connectivity index (χ4n) is 2.82. The van der Waals surface area contributed by atoms with E-state index in [1.54, 1.807) is 18.7 Å². The number of aromatic nitrogens is 1. The first-order chi connectivity index (χ1) is 12.4. The Balaban J connectivity index is 2.24. The van der Waals surface area contributed by atoms with Crippen molar-refractivity contribution in [1.82, 2.24) is 14.4 Å². The minimum atomic E-state index is -3.87. The van der Waals surface area contributed by atoms with Crippen molar-refractivity contribution in [1.29, 1.82) is 0 Å². The van der Waals surface area contributed by atoms with Gasteiger partial charge >= 0.3 is 0 Å². The summed E-state index contributed by atoms with van der Waals surface area (Å²) < 4.78 is 31.7. The number of sulfonamides is 1. The van der Waals surface area contributed by atoms with E-state index in [0.717, 1.165) is 9.87 Å². The lowest BCUT2D eigenvalue weighted by Crippen LogP contribution is -2.49. The molecular formula is C19H27N3O4S. The van der Waals surface area contributed by atoms with Gasteiger partial charge in [0.1, 0.15) is 10.6 Å². The number of aryl methyl sites for hydroxylation is 2. The normalized spacial score (nSPS) is 12.4. The van der Waals surface area contributed by atoms with Crippen molar-refractivity contribution in [2.45, 2.75) is 51.6 Å². The summed E-state index contributed by atoms with van der Waals surface area (Å²) in [6.07, 6.45) is 0. The van der Waals surface area contributed by atoms with E-state index in [0.29, 0.717) is 6.54 Å². The Kier molecular flexibility index (Phi) is 6.11. The van der Waals surface area contributed by atoms with Crippen LogP contribution in [0.15, 0.2) is 39.8 Å². The zero-order valence-electron chi connectivity index (χ0n) is 16.7. The summed E-state index contributed by atoms with van der Waals surface area (Å²) in [6.45, 7) is 9.03. The Morgan fingerprint density at radius 2 is 1.74 bits per heavy atom. The van der Waals surface area contributed by atoms with Crippen molar-refractivity contribution < 1.29 is 17.7 Å². The highest BCUT2D eigenvalue weighted by atomic mass is 32.2. The van der Waals surface area contributed by atoms with Gasteiger partial charge in [-0.3, -0.25) is 4.79 Å². The van der Waals surface area contributed by atoms with Crippen LogP contribution in [0.1, 0.15) is 37.8 Å². The van der Waals surface area contributed by atoms with Crippen LogP contribution < -0.4 is 0 Å². The molecule has 27 heavy (non-hydrogen) atoms. The number of rotatable bonds is 6. The fourth-order valence-corrected chi connectivity index (χ4v) is 4.23. The largest absolute Gasteiger partial charge is 0.360 e. The van der Waals surface area contributed by atoms with Gasteiger partial charge in [-0.2, -0.15) is 4.31 Å². The lowest BCUT2D eigenvalue weighted by molar-refractivity contribution is -0.136. The summed E-state index contributed by atoms with van der Waals surface area (Å²) in [6, 6.07) is 9.62. The first-order valence-electron chi connectivity index (χ1n) is 8.68. The van der Waals surface area contributed by atoms with Crippen molar-refractivity contribution in [3.05, 3.63) is 47.3 Å². The first kappa shape index (κ1) is 21.1. The molecule has 1 aromatic carbocycles. The van der Waals surface area contributed by atoms with E-state index in [9.17, 15) is 13.2 Å². The van der Waals surface area contributed by atoms with Crippen molar-refractivity contribution in [3.8, 4) is 0 Å². The minimum absolute atomic E-state index is 0.0168. The summed E-state index contributed by atoms with van der Waals surface area (Å²) in [5, 5.41) is 3.70. The Morgan fingerprint density at radius 1 is 1.15 bits per heavy atom. The van der Waals surface area contributed by atoms with Gasteiger partial charge in [-0.1, -0.05) is 35.5 Å². The summed E-state index contributed by atoms with van der Waals surface area (Å²) >= 11 is 0. The van der Waals surface area contributed by atoms with Crippen LogP contribution in [0.4, 0.5) is 0 Å². The average Bonchev–Trinajstić information content (AvgIpc) is 2.91. The number of benzene rings is 1. The molecule has 0 radical (unpaired) electrons. The number of carbonyl (C=O) groups excluding carboxylic acids is 1. The van der Waals surface area contributed by atoms with Crippen molar-refractivity contribution >= 4 is 15.9 Å². The van der Waals surface area contributed by atoms with Crippen LogP contribution in [0, 0.1) is 13.8 Å². The molecule has 148 valence electrons. The second kappa shape index (κ2) is 7.82. The monoisotopic (exact) mass is 393 g/mol. The summed E-state index contributed by atoms with van der Waals surface area (Å²) in [4.78, 5) is 14.7. The quantitative estimate of drug-likeness (QED) is 0.753. The average molecular weight is 394 g/mol.